The number of nitrogens with one attached hydrogen (secondary N) is 2. The summed E-state index contributed by atoms with van der Waals surface area (Å²) < 4.78 is 39.1. The van der Waals surface area contributed by atoms with E-state index in [1.54, 1.807) is 0 Å². The summed E-state index contributed by atoms with van der Waals surface area (Å²) in [6, 6.07) is 2.33. The van der Waals surface area contributed by atoms with Crippen LogP contribution in [-0.4, -0.2) is 38.3 Å². The van der Waals surface area contributed by atoms with Crippen molar-refractivity contribution in [2.24, 2.45) is 0 Å². The fourth-order valence-electron chi connectivity index (χ4n) is 2.30. The second kappa shape index (κ2) is 5.43. The SMILES string of the molecule is O=C1NCCCCC1Nc1ccc2nnc(C(F)(F)F)n2n1. The zero-order valence-corrected chi connectivity index (χ0v) is 11.4. The zero-order valence-electron chi connectivity index (χ0n) is 11.4. The number of alkyl halides is 3. The van der Waals surface area contributed by atoms with E-state index in [0.717, 1.165) is 12.8 Å². The number of amides is 1. The molecular weight excluding hydrogens is 301 g/mol. The Hall–Kier alpha value is -2.39. The second-order valence-corrected chi connectivity index (χ2v) is 4.99. The summed E-state index contributed by atoms with van der Waals surface area (Å²) >= 11 is 0. The minimum absolute atomic E-state index is 0.0109. The van der Waals surface area contributed by atoms with E-state index in [9.17, 15) is 18.0 Å². The molecule has 3 heterocycles. The van der Waals surface area contributed by atoms with Gasteiger partial charge in [-0.25, -0.2) is 0 Å². The maximum absolute atomic E-state index is 12.8. The van der Waals surface area contributed by atoms with E-state index in [4.69, 9.17) is 0 Å². The third-order valence-electron chi connectivity index (χ3n) is 3.37. The van der Waals surface area contributed by atoms with Crippen LogP contribution >= 0.6 is 0 Å². The number of nitrogens with zero attached hydrogens (tertiary/aromatic N) is 4. The van der Waals surface area contributed by atoms with Crippen molar-refractivity contribution in [3.8, 4) is 0 Å². The Kier molecular flexibility index (Phi) is 3.59. The van der Waals surface area contributed by atoms with Crippen molar-refractivity contribution in [1.29, 1.82) is 0 Å². The Bertz CT molecular complexity index is 698. The number of carbonyl (C=O) groups is 1. The van der Waals surface area contributed by atoms with Crippen LogP contribution in [0, 0.1) is 0 Å². The third kappa shape index (κ3) is 2.81. The Balaban J connectivity index is 1.89. The average Bonchev–Trinajstić information content (AvgIpc) is 2.78. The predicted octanol–water partition coefficient (Wildman–Crippen LogP) is 1.22. The van der Waals surface area contributed by atoms with Gasteiger partial charge in [-0.1, -0.05) is 0 Å². The molecule has 22 heavy (non-hydrogen) atoms. The van der Waals surface area contributed by atoms with Gasteiger partial charge in [-0.05, 0) is 31.4 Å². The maximum Gasteiger partial charge on any atom is 0.453 e. The van der Waals surface area contributed by atoms with Crippen LogP contribution in [0.1, 0.15) is 25.1 Å². The van der Waals surface area contributed by atoms with E-state index in [1.165, 1.54) is 12.1 Å². The first-order valence-electron chi connectivity index (χ1n) is 6.79. The topological polar surface area (TPSA) is 84.2 Å². The highest BCUT2D eigenvalue weighted by atomic mass is 19.4. The van der Waals surface area contributed by atoms with Gasteiger partial charge in [0.15, 0.2) is 5.65 Å². The van der Waals surface area contributed by atoms with Gasteiger partial charge >= 0.3 is 6.18 Å². The summed E-state index contributed by atoms with van der Waals surface area (Å²) in [5, 5.41) is 16.0. The van der Waals surface area contributed by atoms with Crippen LogP contribution in [0.5, 0.6) is 0 Å². The number of aromatic nitrogens is 4. The van der Waals surface area contributed by atoms with E-state index >= 15 is 0 Å². The summed E-state index contributed by atoms with van der Waals surface area (Å²) in [6.07, 6.45) is -2.33. The van der Waals surface area contributed by atoms with Crippen molar-refractivity contribution in [2.45, 2.75) is 31.5 Å². The lowest BCUT2D eigenvalue weighted by Gasteiger charge is -2.15. The minimum atomic E-state index is -4.65. The Labute approximate surface area is 122 Å². The molecular formula is C12H13F3N6O. The maximum atomic E-state index is 12.8. The molecule has 7 nitrogen and oxygen atoms in total. The van der Waals surface area contributed by atoms with Gasteiger partial charge in [-0.3, -0.25) is 4.79 Å². The molecule has 0 radical (unpaired) electrons. The van der Waals surface area contributed by atoms with E-state index in [1.807, 2.05) is 0 Å². The number of anilines is 1. The lowest BCUT2D eigenvalue weighted by molar-refractivity contribution is -0.146. The summed E-state index contributed by atoms with van der Waals surface area (Å²) in [5.74, 6) is -1.21. The monoisotopic (exact) mass is 314 g/mol. The number of hydrogen-bond donors (Lipinski definition) is 2. The molecule has 1 atom stereocenters. The molecule has 0 aliphatic carbocycles. The highest BCUT2D eigenvalue weighted by Gasteiger charge is 2.37. The first-order chi connectivity index (χ1) is 10.4. The van der Waals surface area contributed by atoms with Crippen LogP contribution in [0.2, 0.25) is 0 Å². The summed E-state index contributed by atoms with van der Waals surface area (Å²) in [5.41, 5.74) is -0.0109. The Morgan fingerprint density at radius 1 is 1.27 bits per heavy atom. The van der Waals surface area contributed by atoms with Crippen molar-refractivity contribution in [3.05, 3.63) is 18.0 Å². The molecule has 0 aromatic carbocycles. The van der Waals surface area contributed by atoms with Crippen molar-refractivity contribution >= 4 is 17.4 Å². The van der Waals surface area contributed by atoms with Crippen LogP contribution in [0.4, 0.5) is 19.0 Å². The van der Waals surface area contributed by atoms with Gasteiger partial charge in [0.25, 0.3) is 5.82 Å². The molecule has 1 saturated heterocycles. The number of rotatable bonds is 2. The number of fused-ring (bicyclic) bond motifs is 1. The number of carbonyl (C=O) groups excluding carboxylic acids is 1. The number of halogens is 3. The van der Waals surface area contributed by atoms with Crippen molar-refractivity contribution in [1.82, 2.24) is 25.1 Å². The molecule has 0 saturated carbocycles. The number of hydrogen-bond acceptors (Lipinski definition) is 5. The van der Waals surface area contributed by atoms with E-state index in [-0.39, 0.29) is 17.4 Å². The van der Waals surface area contributed by atoms with Gasteiger partial charge in [0, 0.05) is 6.54 Å². The fourth-order valence-corrected chi connectivity index (χ4v) is 2.30. The molecule has 2 aromatic heterocycles. The van der Waals surface area contributed by atoms with Gasteiger partial charge in [-0.15, -0.1) is 15.3 Å². The Morgan fingerprint density at radius 2 is 2.09 bits per heavy atom. The standard InChI is InChI=1S/C12H13F3N6O/c13-12(14,15)11-19-18-9-5-4-8(20-21(9)11)17-7-3-1-2-6-16-10(7)22/h4-5,7H,1-3,6H2,(H,16,22)(H,17,20). The molecule has 118 valence electrons. The van der Waals surface area contributed by atoms with Gasteiger partial charge in [0.05, 0.1) is 0 Å². The Morgan fingerprint density at radius 3 is 2.86 bits per heavy atom. The molecule has 2 aromatic rings. The van der Waals surface area contributed by atoms with E-state index in [2.05, 4.69) is 25.9 Å². The molecule has 3 rings (SSSR count). The summed E-state index contributed by atoms with van der Waals surface area (Å²) in [4.78, 5) is 11.8. The zero-order chi connectivity index (χ0) is 15.7. The highest BCUT2D eigenvalue weighted by Crippen LogP contribution is 2.27. The molecule has 1 aliphatic rings. The summed E-state index contributed by atoms with van der Waals surface area (Å²) in [7, 11) is 0. The van der Waals surface area contributed by atoms with E-state index in [0.29, 0.717) is 17.5 Å². The largest absolute Gasteiger partial charge is 0.453 e. The van der Waals surface area contributed by atoms with Crippen LogP contribution in [0.3, 0.4) is 0 Å². The van der Waals surface area contributed by atoms with Crippen LogP contribution < -0.4 is 10.6 Å². The molecule has 2 N–H and O–H groups in total. The molecule has 10 heteroatoms. The van der Waals surface area contributed by atoms with Gasteiger partial charge in [0.1, 0.15) is 11.9 Å². The van der Waals surface area contributed by atoms with Gasteiger partial charge < -0.3 is 10.6 Å². The van der Waals surface area contributed by atoms with Crippen molar-refractivity contribution < 1.29 is 18.0 Å². The van der Waals surface area contributed by atoms with Crippen molar-refractivity contribution in [3.63, 3.8) is 0 Å². The lowest BCUT2D eigenvalue weighted by Crippen LogP contribution is -2.38. The van der Waals surface area contributed by atoms with Crippen molar-refractivity contribution in [2.75, 3.05) is 11.9 Å². The molecule has 1 aliphatic heterocycles. The van der Waals surface area contributed by atoms with E-state index < -0.39 is 18.0 Å². The lowest BCUT2D eigenvalue weighted by atomic mass is 10.1. The molecule has 1 fully saturated rings. The third-order valence-corrected chi connectivity index (χ3v) is 3.37. The van der Waals surface area contributed by atoms with Gasteiger partial charge in [0.2, 0.25) is 5.91 Å². The highest BCUT2D eigenvalue weighted by molar-refractivity contribution is 5.84. The smallest absolute Gasteiger partial charge is 0.357 e. The molecule has 0 spiro atoms. The predicted molar refractivity (Wildman–Crippen MR) is 70.1 cm³/mol. The fraction of sp³-hybridized carbons (Fsp3) is 0.500. The first-order valence-corrected chi connectivity index (χ1v) is 6.79. The molecule has 1 amide bonds. The second-order valence-electron chi connectivity index (χ2n) is 4.99. The first kappa shape index (κ1) is 14.5. The van der Waals surface area contributed by atoms with Crippen LogP contribution in [-0.2, 0) is 11.0 Å². The summed E-state index contributed by atoms with van der Waals surface area (Å²) in [6.45, 7) is 0.604. The quantitative estimate of drug-likeness (QED) is 0.871. The van der Waals surface area contributed by atoms with Gasteiger partial charge in [-0.2, -0.15) is 17.7 Å². The molecule has 0 bridgehead atoms. The normalized spacial score (nSPS) is 19.8. The van der Waals surface area contributed by atoms with Crippen LogP contribution in [0.15, 0.2) is 12.1 Å². The minimum Gasteiger partial charge on any atom is -0.357 e. The van der Waals surface area contributed by atoms with Crippen LogP contribution in [0.25, 0.3) is 5.65 Å². The average molecular weight is 314 g/mol. The molecule has 1 unspecified atom stereocenters.